The molecule has 0 saturated carbocycles. The minimum absolute atomic E-state index is 0.331. The Balaban J connectivity index is 1.99. The molecule has 0 radical (unpaired) electrons. The van der Waals surface area contributed by atoms with Gasteiger partial charge >= 0.3 is 0 Å². The molecule has 90 valence electrons. The topological polar surface area (TPSA) is 69.6 Å². The highest BCUT2D eigenvalue weighted by atomic mass is 32.2. The van der Waals surface area contributed by atoms with Crippen LogP contribution in [0.2, 0.25) is 0 Å². The van der Waals surface area contributed by atoms with E-state index in [-0.39, 0.29) is 0 Å². The summed E-state index contributed by atoms with van der Waals surface area (Å²) in [6.07, 6.45) is 0. The van der Waals surface area contributed by atoms with Crippen LogP contribution in [0.15, 0.2) is 35.5 Å². The molecule has 1 heterocycles. The summed E-state index contributed by atoms with van der Waals surface area (Å²) in [4.78, 5) is 0. The number of tetrazole rings is 1. The first-order chi connectivity index (χ1) is 8.31. The summed E-state index contributed by atoms with van der Waals surface area (Å²) in [5.41, 5.74) is 7.07. The maximum absolute atomic E-state index is 5.81. The average Bonchev–Trinajstić information content (AvgIpc) is 2.77. The zero-order chi connectivity index (χ0) is 12.1. The van der Waals surface area contributed by atoms with Gasteiger partial charge in [-0.1, -0.05) is 42.1 Å². The van der Waals surface area contributed by atoms with E-state index in [4.69, 9.17) is 5.73 Å². The monoisotopic (exact) mass is 249 g/mol. The molecular formula is C11H15N5S. The highest BCUT2D eigenvalue weighted by molar-refractivity contribution is 7.99. The Kier molecular flexibility index (Phi) is 4.11. The molecule has 0 amide bonds. The van der Waals surface area contributed by atoms with E-state index in [1.165, 1.54) is 5.56 Å². The number of hydrogen-bond donors (Lipinski definition) is 1. The van der Waals surface area contributed by atoms with Crippen molar-refractivity contribution in [3.8, 4) is 0 Å². The summed E-state index contributed by atoms with van der Waals surface area (Å²) in [5, 5.41) is 12.2. The van der Waals surface area contributed by atoms with Crippen LogP contribution in [-0.4, -0.2) is 32.5 Å². The van der Waals surface area contributed by atoms with Crippen LogP contribution in [0, 0.1) is 0 Å². The van der Waals surface area contributed by atoms with E-state index >= 15 is 0 Å². The highest BCUT2D eigenvalue weighted by Gasteiger charge is 2.12. The largest absolute Gasteiger partial charge is 0.330 e. The Morgan fingerprint density at radius 1 is 1.35 bits per heavy atom. The Bertz CT molecular complexity index is 456. The molecule has 17 heavy (non-hydrogen) atoms. The van der Waals surface area contributed by atoms with E-state index in [0.29, 0.717) is 12.5 Å². The van der Waals surface area contributed by atoms with Gasteiger partial charge in [0.05, 0.1) is 0 Å². The summed E-state index contributed by atoms with van der Waals surface area (Å²) in [7, 11) is 1.84. The predicted molar refractivity (Wildman–Crippen MR) is 67.8 cm³/mol. The first-order valence-corrected chi connectivity index (χ1v) is 6.40. The van der Waals surface area contributed by atoms with Crippen molar-refractivity contribution in [2.45, 2.75) is 11.1 Å². The Morgan fingerprint density at radius 2 is 2.12 bits per heavy atom. The molecule has 2 rings (SSSR count). The van der Waals surface area contributed by atoms with E-state index in [1.807, 2.05) is 25.2 Å². The SMILES string of the molecule is Cn1nnnc1SCC(CN)c1ccccc1. The number of nitrogens with two attached hydrogens (primary N) is 1. The van der Waals surface area contributed by atoms with Crippen molar-refractivity contribution in [3.63, 3.8) is 0 Å². The summed E-state index contributed by atoms with van der Waals surface area (Å²) in [6, 6.07) is 10.3. The van der Waals surface area contributed by atoms with Crippen LogP contribution < -0.4 is 5.73 Å². The smallest absolute Gasteiger partial charge is 0.209 e. The van der Waals surface area contributed by atoms with Crippen molar-refractivity contribution in [1.82, 2.24) is 20.2 Å². The molecule has 0 spiro atoms. The summed E-state index contributed by atoms with van der Waals surface area (Å²) >= 11 is 1.63. The van der Waals surface area contributed by atoms with Crippen molar-refractivity contribution in [1.29, 1.82) is 0 Å². The summed E-state index contributed by atoms with van der Waals surface area (Å²) < 4.78 is 1.67. The van der Waals surface area contributed by atoms with E-state index in [1.54, 1.807) is 16.4 Å². The fourth-order valence-corrected chi connectivity index (χ4v) is 2.54. The molecule has 2 N–H and O–H groups in total. The molecule has 6 heteroatoms. The van der Waals surface area contributed by atoms with E-state index in [9.17, 15) is 0 Å². The molecule has 0 fully saturated rings. The van der Waals surface area contributed by atoms with E-state index in [2.05, 4.69) is 27.7 Å². The molecular weight excluding hydrogens is 234 g/mol. The Hall–Kier alpha value is -1.40. The van der Waals surface area contributed by atoms with Gasteiger partial charge in [-0.25, -0.2) is 4.68 Å². The van der Waals surface area contributed by atoms with Gasteiger partial charge in [-0.3, -0.25) is 0 Å². The van der Waals surface area contributed by atoms with Gasteiger partial charge in [-0.15, -0.1) is 5.10 Å². The summed E-state index contributed by atoms with van der Waals surface area (Å²) in [5.74, 6) is 1.22. The lowest BCUT2D eigenvalue weighted by Crippen LogP contribution is -2.15. The number of nitrogens with zero attached hydrogens (tertiary/aromatic N) is 4. The first-order valence-electron chi connectivity index (χ1n) is 5.41. The van der Waals surface area contributed by atoms with Crippen molar-refractivity contribution in [2.75, 3.05) is 12.3 Å². The zero-order valence-electron chi connectivity index (χ0n) is 9.65. The van der Waals surface area contributed by atoms with Crippen molar-refractivity contribution < 1.29 is 0 Å². The second-order valence-electron chi connectivity index (χ2n) is 3.74. The molecule has 1 aromatic heterocycles. The van der Waals surface area contributed by atoms with Crippen LogP contribution in [0.1, 0.15) is 11.5 Å². The number of benzene rings is 1. The van der Waals surface area contributed by atoms with Crippen molar-refractivity contribution in [3.05, 3.63) is 35.9 Å². The van der Waals surface area contributed by atoms with Crippen molar-refractivity contribution >= 4 is 11.8 Å². The third-order valence-electron chi connectivity index (χ3n) is 2.55. The van der Waals surface area contributed by atoms with Gasteiger partial charge in [0.25, 0.3) is 0 Å². The molecule has 0 aliphatic rings. The second kappa shape index (κ2) is 5.79. The fourth-order valence-electron chi connectivity index (χ4n) is 1.54. The molecule has 1 aromatic carbocycles. The van der Waals surface area contributed by atoms with Gasteiger partial charge in [-0.05, 0) is 22.5 Å². The normalized spacial score (nSPS) is 12.6. The van der Waals surface area contributed by atoms with Gasteiger partial charge in [0.15, 0.2) is 0 Å². The number of aromatic nitrogens is 4. The standard InChI is InChI=1S/C11H15N5S/c1-16-11(13-14-15-16)17-8-10(7-12)9-5-3-2-4-6-9/h2-6,10H,7-8,12H2,1H3. The maximum Gasteiger partial charge on any atom is 0.209 e. The molecule has 5 nitrogen and oxygen atoms in total. The Morgan fingerprint density at radius 3 is 2.71 bits per heavy atom. The highest BCUT2D eigenvalue weighted by Crippen LogP contribution is 2.23. The van der Waals surface area contributed by atoms with Gasteiger partial charge in [0.1, 0.15) is 0 Å². The molecule has 0 aliphatic carbocycles. The first kappa shape index (κ1) is 12.1. The second-order valence-corrected chi connectivity index (χ2v) is 4.73. The minimum Gasteiger partial charge on any atom is -0.330 e. The van der Waals surface area contributed by atoms with Gasteiger partial charge < -0.3 is 5.73 Å². The van der Waals surface area contributed by atoms with Crippen LogP contribution in [0.4, 0.5) is 0 Å². The molecule has 0 saturated heterocycles. The lowest BCUT2D eigenvalue weighted by Gasteiger charge is -2.13. The molecule has 1 unspecified atom stereocenters. The lowest BCUT2D eigenvalue weighted by atomic mass is 10.0. The maximum atomic E-state index is 5.81. The third kappa shape index (κ3) is 3.04. The van der Waals surface area contributed by atoms with Gasteiger partial charge in [0.2, 0.25) is 5.16 Å². The Labute approximate surface area is 104 Å². The van der Waals surface area contributed by atoms with Gasteiger partial charge in [-0.2, -0.15) is 0 Å². The fraction of sp³-hybridized carbons (Fsp3) is 0.364. The number of thioether (sulfide) groups is 1. The number of hydrogen-bond acceptors (Lipinski definition) is 5. The zero-order valence-corrected chi connectivity index (χ0v) is 10.5. The number of aryl methyl sites for hydroxylation is 1. The average molecular weight is 249 g/mol. The third-order valence-corrected chi connectivity index (χ3v) is 3.72. The molecule has 1 atom stereocenters. The number of rotatable bonds is 5. The van der Waals surface area contributed by atoms with Crippen molar-refractivity contribution in [2.24, 2.45) is 12.8 Å². The lowest BCUT2D eigenvalue weighted by molar-refractivity contribution is 0.663. The quantitative estimate of drug-likeness (QED) is 0.802. The molecule has 0 aliphatic heterocycles. The predicted octanol–water partition coefficient (Wildman–Crippen LogP) is 1.04. The van der Waals surface area contributed by atoms with Crippen LogP contribution in [-0.2, 0) is 7.05 Å². The van der Waals surface area contributed by atoms with Crippen LogP contribution in [0.25, 0.3) is 0 Å². The van der Waals surface area contributed by atoms with E-state index in [0.717, 1.165) is 10.9 Å². The molecule has 2 aromatic rings. The molecule has 0 bridgehead atoms. The van der Waals surface area contributed by atoms with Crippen LogP contribution in [0.5, 0.6) is 0 Å². The van der Waals surface area contributed by atoms with E-state index < -0.39 is 0 Å². The minimum atomic E-state index is 0.331. The van der Waals surface area contributed by atoms with Gasteiger partial charge in [0, 0.05) is 18.7 Å². The summed E-state index contributed by atoms with van der Waals surface area (Å²) in [6.45, 7) is 0.627. The van der Waals surface area contributed by atoms with Crippen LogP contribution >= 0.6 is 11.8 Å². The van der Waals surface area contributed by atoms with Crippen LogP contribution in [0.3, 0.4) is 0 Å².